The number of hydrogen-bond donors (Lipinski definition) is 0. The summed E-state index contributed by atoms with van der Waals surface area (Å²) in [5, 5.41) is 0.571. The van der Waals surface area contributed by atoms with Gasteiger partial charge in [0, 0.05) is 10.9 Å². The van der Waals surface area contributed by atoms with Gasteiger partial charge in [0.1, 0.15) is 0 Å². The number of imide groups is 1. The van der Waals surface area contributed by atoms with E-state index in [2.05, 4.69) is 40.2 Å². The van der Waals surface area contributed by atoms with Gasteiger partial charge in [0.2, 0.25) is 11.8 Å². The standard InChI is InChI=1S/C24H15BrClNO2/c25-24-17-7-3-1-5-15(17)19(16-6-2-4-8-18(16)24)20-21(24)23(29)27(22(20)28)14-11-9-13(26)10-12-14/h1-12,19-21H/t19?,20-,21+,24?/m1/s1. The SMILES string of the molecule is O=C1[C@@H]2C3c4ccccc4C(Br)(c4ccccc43)[C@@H]2C(=O)N1c1ccc(Cl)cc1. The van der Waals surface area contributed by atoms with Gasteiger partial charge in [-0.3, -0.25) is 9.59 Å². The number of hydrogen-bond acceptors (Lipinski definition) is 2. The summed E-state index contributed by atoms with van der Waals surface area (Å²) in [5.41, 5.74) is 5.00. The molecule has 2 atom stereocenters. The van der Waals surface area contributed by atoms with Gasteiger partial charge in [0.05, 0.1) is 21.8 Å². The Balaban J connectivity index is 1.61. The quantitative estimate of drug-likeness (QED) is 0.365. The van der Waals surface area contributed by atoms with Gasteiger partial charge in [0.25, 0.3) is 0 Å². The summed E-state index contributed by atoms with van der Waals surface area (Å²) in [7, 11) is 0. The lowest BCUT2D eigenvalue weighted by molar-refractivity contribution is -0.122. The van der Waals surface area contributed by atoms with Gasteiger partial charge in [-0.2, -0.15) is 0 Å². The monoisotopic (exact) mass is 463 g/mol. The van der Waals surface area contributed by atoms with Crippen LogP contribution < -0.4 is 4.90 Å². The summed E-state index contributed by atoms with van der Waals surface area (Å²) in [5.74, 6) is -1.34. The molecule has 0 N–H and O–H groups in total. The van der Waals surface area contributed by atoms with Crippen molar-refractivity contribution in [2.24, 2.45) is 11.8 Å². The molecule has 1 saturated heterocycles. The van der Waals surface area contributed by atoms with Gasteiger partial charge in [-0.1, -0.05) is 76.1 Å². The van der Waals surface area contributed by atoms with Crippen LogP contribution in [0.5, 0.6) is 0 Å². The molecule has 7 rings (SSSR count). The molecular formula is C24H15BrClNO2. The molecule has 0 unspecified atom stereocenters. The Hall–Kier alpha value is -2.43. The largest absolute Gasteiger partial charge is 0.274 e. The second kappa shape index (κ2) is 5.80. The molecule has 29 heavy (non-hydrogen) atoms. The van der Waals surface area contributed by atoms with Crippen molar-refractivity contribution in [1.82, 2.24) is 0 Å². The minimum absolute atomic E-state index is 0.124. The number of alkyl halides is 1. The lowest BCUT2D eigenvalue weighted by Gasteiger charge is -2.51. The summed E-state index contributed by atoms with van der Waals surface area (Å²) >= 11 is 10.0. The van der Waals surface area contributed by atoms with Crippen LogP contribution in [0.4, 0.5) is 5.69 Å². The van der Waals surface area contributed by atoms with Gasteiger partial charge in [-0.05, 0) is 46.5 Å². The van der Waals surface area contributed by atoms with Crippen LogP contribution >= 0.6 is 27.5 Å². The third kappa shape index (κ3) is 2.03. The Kier molecular flexibility index (Phi) is 3.49. The molecule has 4 aliphatic rings. The molecule has 1 heterocycles. The molecule has 2 amide bonds. The van der Waals surface area contributed by atoms with Crippen molar-refractivity contribution in [3.8, 4) is 0 Å². The van der Waals surface area contributed by atoms with E-state index in [1.807, 2.05) is 24.3 Å². The molecule has 0 aromatic heterocycles. The van der Waals surface area contributed by atoms with E-state index < -0.39 is 16.2 Å². The molecule has 0 saturated carbocycles. The Morgan fingerprint density at radius 3 is 1.93 bits per heavy atom. The van der Waals surface area contributed by atoms with Crippen molar-refractivity contribution in [1.29, 1.82) is 0 Å². The van der Waals surface area contributed by atoms with Crippen LogP contribution in [-0.4, -0.2) is 11.8 Å². The number of carbonyl (C=O) groups is 2. The van der Waals surface area contributed by atoms with Crippen LogP contribution in [0.25, 0.3) is 0 Å². The number of halogens is 2. The summed E-state index contributed by atoms with van der Waals surface area (Å²) < 4.78 is -0.715. The Morgan fingerprint density at radius 2 is 1.34 bits per heavy atom. The highest BCUT2D eigenvalue weighted by atomic mass is 79.9. The number of rotatable bonds is 1. The summed E-state index contributed by atoms with van der Waals surface area (Å²) in [4.78, 5) is 28.7. The zero-order valence-corrected chi connectivity index (χ0v) is 17.5. The molecule has 3 aromatic rings. The highest BCUT2D eigenvalue weighted by molar-refractivity contribution is 9.09. The number of carbonyl (C=O) groups excluding carboxylic acids is 2. The minimum Gasteiger partial charge on any atom is -0.274 e. The molecule has 3 aromatic carbocycles. The zero-order chi connectivity index (χ0) is 19.9. The van der Waals surface area contributed by atoms with E-state index in [0.717, 1.165) is 22.3 Å². The molecule has 142 valence electrons. The fourth-order valence-corrected chi connectivity index (χ4v) is 6.85. The smallest absolute Gasteiger partial charge is 0.239 e. The Morgan fingerprint density at radius 1 is 0.793 bits per heavy atom. The molecule has 0 spiro atoms. The molecule has 1 aliphatic heterocycles. The Bertz CT molecular complexity index is 1160. The predicted octanol–water partition coefficient (Wildman–Crippen LogP) is 5.24. The van der Waals surface area contributed by atoms with Gasteiger partial charge < -0.3 is 0 Å². The average molecular weight is 465 g/mol. The minimum atomic E-state index is -0.715. The number of benzene rings is 3. The highest BCUT2D eigenvalue weighted by Crippen LogP contribution is 2.66. The normalized spacial score (nSPS) is 28.9. The summed E-state index contributed by atoms with van der Waals surface area (Å²) in [6, 6.07) is 23.2. The average Bonchev–Trinajstić information content (AvgIpc) is 3.01. The van der Waals surface area contributed by atoms with Crippen molar-refractivity contribution >= 4 is 45.0 Å². The lowest BCUT2D eigenvalue weighted by Crippen LogP contribution is -2.50. The van der Waals surface area contributed by atoms with Gasteiger partial charge in [-0.25, -0.2) is 4.90 Å². The number of anilines is 1. The first-order chi connectivity index (χ1) is 14.0. The third-order valence-corrected chi connectivity index (χ3v) is 8.20. The van der Waals surface area contributed by atoms with Crippen molar-refractivity contribution in [2.45, 2.75) is 10.2 Å². The molecule has 3 aliphatic carbocycles. The van der Waals surface area contributed by atoms with E-state index in [9.17, 15) is 9.59 Å². The van der Waals surface area contributed by atoms with Crippen LogP contribution in [0.15, 0.2) is 72.8 Å². The topological polar surface area (TPSA) is 37.4 Å². The molecule has 2 bridgehead atoms. The number of nitrogens with zero attached hydrogens (tertiary/aromatic N) is 1. The highest BCUT2D eigenvalue weighted by Gasteiger charge is 2.67. The Labute approximate surface area is 181 Å². The van der Waals surface area contributed by atoms with Crippen LogP contribution in [0, 0.1) is 11.8 Å². The van der Waals surface area contributed by atoms with Crippen LogP contribution in [0.2, 0.25) is 5.02 Å². The molecule has 5 heteroatoms. The van der Waals surface area contributed by atoms with Crippen LogP contribution in [0.1, 0.15) is 28.2 Å². The van der Waals surface area contributed by atoms with E-state index in [4.69, 9.17) is 11.6 Å². The lowest BCUT2D eigenvalue weighted by atomic mass is 9.55. The van der Waals surface area contributed by atoms with E-state index in [-0.39, 0.29) is 17.7 Å². The first kappa shape index (κ1) is 17.4. The van der Waals surface area contributed by atoms with Gasteiger partial charge in [0.15, 0.2) is 0 Å². The van der Waals surface area contributed by atoms with Crippen molar-refractivity contribution in [3.63, 3.8) is 0 Å². The fraction of sp³-hybridized carbons (Fsp3) is 0.167. The fourth-order valence-electron chi connectivity index (χ4n) is 5.52. The predicted molar refractivity (Wildman–Crippen MR) is 115 cm³/mol. The molecule has 1 fully saturated rings. The third-order valence-electron chi connectivity index (χ3n) is 6.60. The van der Waals surface area contributed by atoms with E-state index in [1.165, 1.54) is 4.90 Å². The maximum absolute atomic E-state index is 13.7. The van der Waals surface area contributed by atoms with Gasteiger partial charge >= 0.3 is 0 Å². The van der Waals surface area contributed by atoms with Crippen molar-refractivity contribution in [2.75, 3.05) is 4.90 Å². The maximum Gasteiger partial charge on any atom is 0.239 e. The van der Waals surface area contributed by atoms with E-state index >= 15 is 0 Å². The zero-order valence-electron chi connectivity index (χ0n) is 15.2. The number of amides is 2. The van der Waals surface area contributed by atoms with Crippen LogP contribution in [0.3, 0.4) is 0 Å². The summed E-state index contributed by atoms with van der Waals surface area (Å²) in [6.07, 6.45) is 0. The molecular weight excluding hydrogens is 450 g/mol. The first-order valence-corrected chi connectivity index (χ1v) is 10.7. The van der Waals surface area contributed by atoms with Crippen molar-refractivity contribution < 1.29 is 9.59 Å². The second-order valence-corrected chi connectivity index (χ2v) is 9.54. The van der Waals surface area contributed by atoms with E-state index in [0.29, 0.717) is 10.7 Å². The van der Waals surface area contributed by atoms with Crippen molar-refractivity contribution in [3.05, 3.63) is 100 Å². The maximum atomic E-state index is 13.7. The van der Waals surface area contributed by atoms with E-state index in [1.54, 1.807) is 24.3 Å². The van der Waals surface area contributed by atoms with Gasteiger partial charge in [-0.15, -0.1) is 0 Å². The first-order valence-electron chi connectivity index (χ1n) is 9.54. The summed E-state index contributed by atoms with van der Waals surface area (Å²) in [6.45, 7) is 0. The van der Waals surface area contributed by atoms with Crippen LogP contribution in [-0.2, 0) is 13.9 Å². The second-order valence-electron chi connectivity index (χ2n) is 7.86. The molecule has 3 nitrogen and oxygen atoms in total. The molecule has 0 radical (unpaired) electrons.